The van der Waals surface area contributed by atoms with Gasteiger partial charge in [-0.1, -0.05) is 16.8 Å². The highest BCUT2D eigenvalue weighted by molar-refractivity contribution is 6.31. The van der Waals surface area contributed by atoms with Gasteiger partial charge >= 0.3 is 0 Å². The molecule has 1 heterocycles. The largest absolute Gasteiger partial charge is 0.409 e. The predicted octanol–water partition coefficient (Wildman–Crippen LogP) is 1.64. The molecular formula is C13H18ClN3O2. The molecule has 1 aliphatic heterocycles. The van der Waals surface area contributed by atoms with Crippen LogP contribution in [-0.2, 0) is 0 Å². The maximum absolute atomic E-state index is 9.16. The van der Waals surface area contributed by atoms with Gasteiger partial charge in [0.05, 0.1) is 0 Å². The molecule has 19 heavy (non-hydrogen) atoms. The van der Waals surface area contributed by atoms with E-state index in [1.807, 2.05) is 6.07 Å². The Morgan fingerprint density at radius 1 is 1.42 bits per heavy atom. The summed E-state index contributed by atoms with van der Waals surface area (Å²) in [5, 5.41) is 21.7. The second-order valence-electron chi connectivity index (χ2n) is 4.76. The van der Waals surface area contributed by atoms with Crippen molar-refractivity contribution in [3.63, 3.8) is 0 Å². The van der Waals surface area contributed by atoms with Crippen molar-refractivity contribution in [1.29, 1.82) is 0 Å². The monoisotopic (exact) mass is 283 g/mol. The predicted molar refractivity (Wildman–Crippen MR) is 76.0 cm³/mol. The first-order valence-corrected chi connectivity index (χ1v) is 6.66. The fraction of sp³-hybridized carbons (Fsp3) is 0.462. The van der Waals surface area contributed by atoms with Crippen LogP contribution in [0.3, 0.4) is 0 Å². The van der Waals surface area contributed by atoms with E-state index < -0.39 is 0 Å². The van der Waals surface area contributed by atoms with E-state index >= 15 is 0 Å². The van der Waals surface area contributed by atoms with Crippen LogP contribution >= 0.6 is 11.6 Å². The topological polar surface area (TPSA) is 82.1 Å². The van der Waals surface area contributed by atoms with E-state index in [4.69, 9.17) is 27.6 Å². The second-order valence-corrected chi connectivity index (χ2v) is 5.20. The van der Waals surface area contributed by atoms with Crippen molar-refractivity contribution in [2.24, 2.45) is 16.8 Å². The number of rotatable bonds is 3. The first-order chi connectivity index (χ1) is 9.15. The maximum atomic E-state index is 9.16. The third-order valence-electron chi connectivity index (χ3n) is 3.56. The fourth-order valence-corrected chi connectivity index (χ4v) is 2.56. The smallest absolute Gasteiger partial charge is 0.172 e. The number of nitrogens with two attached hydrogens (primary N) is 1. The Bertz CT molecular complexity index is 471. The van der Waals surface area contributed by atoms with Gasteiger partial charge in [0.15, 0.2) is 5.84 Å². The lowest BCUT2D eigenvalue weighted by Crippen LogP contribution is -2.36. The number of benzene rings is 1. The summed E-state index contributed by atoms with van der Waals surface area (Å²) >= 11 is 6.03. The molecule has 2 rings (SSSR count). The average Bonchev–Trinajstić information content (AvgIpc) is 2.46. The molecule has 5 nitrogen and oxygen atoms in total. The first-order valence-electron chi connectivity index (χ1n) is 6.29. The third kappa shape index (κ3) is 3.11. The molecule has 6 heteroatoms. The SMILES string of the molecule is NC(=NO)c1ccc(Cl)cc1N1CCC(CO)CC1. The van der Waals surface area contributed by atoms with Crippen molar-refractivity contribution in [1.82, 2.24) is 0 Å². The Morgan fingerprint density at radius 2 is 2.11 bits per heavy atom. The van der Waals surface area contributed by atoms with E-state index in [-0.39, 0.29) is 12.4 Å². The molecule has 1 fully saturated rings. The molecule has 0 unspecified atom stereocenters. The molecule has 0 radical (unpaired) electrons. The lowest BCUT2D eigenvalue weighted by atomic mass is 9.97. The summed E-state index contributed by atoms with van der Waals surface area (Å²) in [5.74, 6) is 0.443. The van der Waals surface area contributed by atoms with Gasteiger partial charge in [-0.25, -0.2) is 0 Å². The van der Waals surface area contributed by atoms with Crippen LogP contribution in [-0.4, -0.2) is 35.8 Å². The number of nitrogens with zero attached hydrogens (tertiary/aromatic N) is 2. The van der Waals surface area contributed by atoms with E-state index in [0.717, 1.165) is 31.6 Å². The van der Waals surface area contributed by atoms with Crippen molar-refractivity contribution < 1.29 is 10.3 Å². The van der Waals surface area contributed by atoms with Crippen LogP contribution in [0.4, 0.5) is 5.69 Å². The van der Waals surface area contributed by atoms with Crippen LogP contribution in [0, 0.1) is 5.92 Å². The summed E-state index contributed by atoms with van der Waals surface area (Å²) in [5.41, 5.74) is 7.25. The molecular weight excluding hydrogens is 266 g/mol. The van der Waals surface area contributed by atoms with Crippen molar-refractivity contribution in [3.8, 4) is 0 Å². The molecule has 0 aromatic heterocycles. The highest BCUT2D eigenvalue weighted by atomic mass is 35.5. The molecule has 0 bridgehead atoms. The van der Waals surface area contributed by atoms with Gasteiger partial charge in [0.2, 0.25) is 0 Å². The summed E-state index contributed by atoms with van der Waals surface area (Å²) in [6.07, 6.45) is 1.86. The average molecular weight is 284 g/mol. The van der Waals surface area contributed by atoms with Gasteiger partial charge in [-0.2, -0.15) is 0 Å². The molecule has 104 valence electrons. The van der Waals surface area contributed by atoms with Crippen LogP contribution in [0.1, 0.15) is 18.4 Å². The van der Waals surface area contributed by atoms with Crippen molar-refractivity contribution in [3.05, 3.63) is 28.8 Å². The number of anilines is 1. The van der Waals surface area contributed by atoms with E-state index in [0.29, 0.717) is 16.5 Å². The number of hydrogen-bond donors (Lipinski definition) is 3. The highest BCUT2D eigenvalue weighted by Crippen LogP contribution is 2.28. The van der Waals surface area contributed by atoms with Crippen LogP contribution in [0.2, 0.25) is 5.02 Å². The number of aliphatic hydroxyl groups excluding tert-OH is 1. The summed E-state index contributed by atoms with van der Waals surface area (Å²) in [6, 6.07) is 5.30. The van der Waals surface area contributed by atoms with Crippen LogP contribution in [0.5, 0.6) is 0 Å². The molecule has 0 aliphatic carbocycles. The van der Waals surface area contributed by atoms with E-state index in [1.54, 1.807) is 12.1 Å². The summed E-state index contributed by atoms with van der Waals surface area (Å²) < 4.78 is 0. The zero-order valence-corrected chi connectivity index (χ0v) is 11.3. The highest BCUT2D eigenvalue weighted by Gasteiger charge is 2.21. The van der Waals surface area contributed by atoms with E-state index in [9.17, 15) is 0 Å². The molecule has 1 aromatic rings. The molecule has 1 aliphatic rings. The molecule has 0 amide bonds. The third-order valence-corrected chi connectivity index (χ3v) is 3.79. The van der Waals surface area contributed by atoms with Gasteiger partial charge in [-0.05, 0) is 37.0 Å². The molecule has 0 saturated carbocycles. The lowest BCUT2D eigenvalue weighted by Gasteiger charge is -2.34. The molecule has 1 aromatic carbocycles. The minimum atomic E-state index is 0.0796. The second kappa shape index (κ2) is 6.12. The van der Waals surface area contributed by atoms with Gasteiger partial charge in [-0.3, -0.25) is 0 Å². The zero-order chi connectivity index (χ0) is 13.8. The maximum Gasteiger partial charge on any atom is 0.172 e. The Labute approximate surface area is 117 Å². The van der Waals surface area contributed by atoms with Crippen LogP contribution in [0.25, 0.3) is 0 Å². The quantitative estimate of drug-likeness (QED) is 0.341. The Balaban J connectivity index is 2.26. The van der Waals surface area contributed by atoms with E-state index in [2.05, 4.69) is 10.1 Å². The van der Waals surface area contributed by atoms with Gasteiger partial charge in [0, 0.05) is 36.0 Å². The number of oxime groups is 1. The van der Waals surface area contributed by atoms with Gasteiger partial charge in [0.1, 0.15) is 0 Å². The number of halogens is 1. The zero-order valence-electron chi connectivity index (χ0n) is 10.6. The normalized spacial score (nSPS) is 17.8. The van der Waals surface area contributed by atoms with Crippen LogP contribution < -0.4 is 10.6 Å². The number of piperidine rings is 1. The van der Waals surface area contributed by atoms with Crippen LogP contribution in [0.15, 0.2) is 23.4 Å². The summed E-state index contributed by atoms with van der Waals surface area (Å²) in [7, 11) is 0. The Hall–Kier alpha value is -1.46. The van der Waals surface area contributed by atoms with Crippen molar-refractivity contribution >= 4 is 23.1 Å². The van der Waals surface area contributed by atoms with Gasteiger partial charge in [-0.15, -0.1) is 0 Å². The number of amidine groups is 1. The fourth-order valence-electron chi connectivity index (χ4n) is 2.39. The van der Waals surface area contributed by atoms with Gasteiger partial charge < -0.3 is 20.9 Å². The molecule has 4 N–H and O–H groups in total. The van der Waals surface area contributed by atoms with E-state index in [1.165, 1.54) is 0 Å². The Morgan fingerprint density at radius 3 is 2.68 bits per heavy atom. The lowest BCUT2D eigenvalue weighted by molar-refractivity contribution is 0.203. The Kier molecular flexibility index (Phi) is 4.50. The standard InChI is InChI=1S/C13H18ClN3O2/c14-10-1-2-11(13(15)16-19)12(7-10)17-5-3-9(8-18)4-6-17/h1-2,7,9,18-19H,3-6,8H2,(H2,15,16). The van der Waals surface area contributed by atoms with Crippen molar-refractivity contribution in [2.45, 2.75) is 12.8 Å². The minimum absolute atomic E-state index is 0.0796. The molecule has 0 spiro atoms. The molecule has 0 atom stereocenters. The number of hydrogen-bond acceptors (Lipinski definition) is 4. The first kappa shape index (κ1) is 14.0. The summed E-state index contributed by atoms with van der Waals surface area (Å²) in [6.45, 7) is 1.89. The molecule has 1 saturated heterocycles. The van der Waals surface area contributed by atoms with Crippen molar-refractivity contribution in [2.75, 3.05) is 24.6 Å². The minimum Gasteiger partial charge on any atom is -0.409 e. The van der Waals surface area contributed by atoms with Gasteiger partial charge in [0.25, 0.3) is 0 Å². The summed E-state index contributed by atoms with van der Waals surface area (Å²) in [4.78, 5) is 2.16. The number of aliphatic hydroxyl groups is 1.